The number of rotatable bonds is 6. The summed E-state index contributed by atoms with van der Waals surface area (Å²) in [6, 6.07) is 87.1. The Morgan fingerprint density at radius 3 is 0.987 bits per heavy atom. The zero-order chi connectivity index (χ0) is 55.0. The molecule has 0 bridgehead atoms. The minimum absolute atomic E-state index is 0.0114. The van der Waals surface area contributed by atoms with Gasteiger partial charge in [-0.3, -0.25) is 0 Å². The minimum Gasteiger partial charge on any atom is -0.310 e. The van der Waals surface area contributed by atoms with Gasteiger partial charge in [-0.1, -0.05) is 271 Å². The van der Waals surface area contributed by atoms with Crippen LogP contribution in [0.3, 0.4) is 0 Å². The van der Waals surface area contributed by atoms with Crippen LogP contribution < -0.4 is 4.90 Å². The van der Waals surface area contributed by atoms with Crippen molar-refractivity contribution in [1.29, 1.82) is 0 Å². The highest BCUT2D eigenvalue weighted by atomic mass is 15.1. The molecule has 0 unspecified atom stereocenters. The van der Waals surface area contributed by atoms with Crippen LogP contribution in [0.15, 0.2) is 224 Å². The number of benzene rings is 10. The van der Waals surface area contributed by atoms with E-state index in [1.807, 2.05) is 0 Å². The van der Waals surface area contributed by atoms with Gasteiger partial charge in [0.25, 0.3) is 0 Å². The van der Waals surface area contributed by atoms with E-state index >= 15 is 0 Å². The molecule has 1 spiro atoms. The summed E-state index contributed by atoms with van der Waals surface area (Å²) >= 11 is 0. The molecule has 0 atom stereocenters. The molecule has 3 aliphatic carbocycles. The Kier molecular flexibility index (Phi) is 11.4. The number of nitrogens with zero attached hydrogens (tertiary/aromatic N) is 1. The van der Waals surface area contributed by atoms with E-state index in [-0.39, 0.29) is 21.7 Å². The Hall–Kier alpha value is -8.00. The number of anilines is 3. The van der Waals surface area contributed by atoms with Crippen molar-refractivity contribution in [3.63, 3.8) is 0 Å². The van der Waals surface area contributed by atoms with Gasteiger partial charge in [-0.25, -0.2) is 0 Å². The largest absolute Gasteiger partial charge is 0.310 e. The van der Waals surface area contributed by atoms with Gasteiger partial charge < -0.3 is 4.90 Å². The third kappa shape index (κ3) is 7.78. The van der Waals surface area contributed by atoms with Crippen LogP contribution in [0.2, 0.25) is 0 Å². The van der Waals surface area contributed by atoms with Gasteiger partial charge in [0, 0.05) is 17.1 Å². The standard InChI is InChI=1S/C78H73N/c1-73(2,3)52-28-32-54(33-29-52)77(55-34-30-53(31-35-55)74(4,5)6)67-24-18-16-22-61(67)65-44-40-59(48-71(65)77)79(58-38-26-51(27-39-58)50-20-14-13-15-21-50)60-41-45-66-62-23-17-19-25-68(62)78(72(66)49-60)69-46-56(75(7,8)9)36-42-63(69)64-43-37-57(47-70(64)78)76(10,11)12/h13-49H,1-12H3. The molecule has 0 saturated carbocycles. The smallest absolute Gasteiger partial charge is 0.0726 e. The minimum atomic E-state index is -0.603. The van der Waals surface area contributed by atoms with Crippen molar-refractivity contribution < 1.29 is 0 Å². The van der Waals surface area contributed by atoms with E-state index in [0.29, 0.717) is 0 Å². The molecule has 0 aromatic heterocycles. The van der Waals surface area contributed by atoms with E-state index in [1.165, 1.54) is 111 Å². The lowest BCUT2D eigenvalue weighted by Gasteiger charge is -2.36. The maximum atomic E-state index is 2.57. The quantitative estimate of drug-likeness (QED) is 0.160. The van der Waals surface area contributed by atoms with Crippen LogP contribution in [-0.4, -0.2) is 0 Å². The van der Waals surface area contributed by atoms with Crippen LogP contribution in [0.1, 0.15) is 150 Å². The summed E-state index contributed by atoms with van der Waals surface area (Å²) < 4.78 is 0. The van der Waals surface area contributed by atoms with Gasteiger partial charge in [0.05, 0.1) is 10.8 Å². The van der Waals surface area contributed by atoms with Crippen molar-refractivity contribution in [2.75, 3.05) is 4.90 Å². The fraction of sp³-hybridized carbons (Fsp3) is 0.231. The highest BCUT2D eigenvalue weighted by Crippen LogP contribution is 2.65. The predicted octanol–water partition coefficient (Wildman–Crippen LogP) is 20.7. The third-order valence-corrected chi connectivity index (χ3v) is 18.0. The average molecular weight is 1020 g/mol. The summed E-state index contributed by atoms with van der Waals surface area (Å²) in [6.45, 7) is 28.0. The SMILES string of the molecule is CC(C)(C)c1ccc(C2(c3ccc(C(C)(C)C)cc3)c3ccccc3-c3ccc(N(c4ccc(-c5ccccc5)cc4)c4ccc5c(c4)C4(c6ccccc6-5)c5cc(C(C)(C)C)ccc5-c5ccc(C(C)(C)C)cc54)cc32)cc1. The van der Waals surface area contributed by atoms with E-state index in [2.05, 4.69) is 312 Å². The van der Waals surface area contributed by atoms with Crippen LogP contribution in [-0.2, 0) is 32.5 Å². The molecule has 0 saturated heterocycles. The van der Waals surface area contributed by atoms with E-state index in [1.54, 1.807) is 0 Å². The third-order valence-electron chi connectivity index (χ3n) is 18.0. The monoisotopic (exact) mass is 1020 g/mol. The molecular weight excluding hydrogens is 951 g/mol. The van der Waals surface area contributed by atoms with Gasteiger partial charge in [-0.05, 0) is 169 Å². The second-order valence-electron chi connectivity index (χ2n) is 27.0. The molecule has 1 nitrogen and oxygen atoms in total. The van der Waals surface area contributed by atoms with E-state index < -0.39 is 10.8 Å². The van der Waals surface area contributed by atoms with Crippen molar-refractivity contribution in [2.45, 2.75) is 116 Å². The Morgan fingerprint density at radius 2 is 0.557 bits per heavy atom. The normalized spacial score (nSPS) is 14.5. The lowest BCUT2D eigenvalue weighted by molar-refractivity contribution is 0.586. The highest BCUT2D eigenvalue weighted by molar-refractivity contribution is 5.97. The first-order chi connectivity index (χ1) is 37.7. The molecule has 1 heteroatoms. The summed E-state index contributed by atoms with van der Waals surface area (Å²) in [5.41, 5.74) is 28.2. The van der Waals surface area contributed by atoms with Gasteiger partial charge in [0.2, 0.25) is 0 Å². The Morgan fingerprint density at radius 1 is 0.241 bits per heavy atom. The number of fused-ring (bicyclic) bond motifs is 13. The molecule has 0 N–H and O–H groups in total. The van der Waals surface area contributed by atoms with Crippen molar-refractivity contribution >= 4 is 17.1 Å². The molecule has 390 valence electrons. The van der Waals surface area contributed by atoms with Gasteiger partial charge in [-0.15, -0.1) is 0 Å². The second-order valence-corrected chi connectivity index (χ2v) is 27.0. The van der Waals surface area contributed by atoms with E-state index in [9.17, 15) is 0 Å². The van der Waals surface area contributed by atoms with Gasteiger partial charge in [0.15, 0.2) is 0 Å². The zero-order valence-electron chi connectivity index (χ0n) is 48.3. The predicted molar refractivity (Wildman–Crippen MR) is 335 cm³/mol. The molecule has 10 aromatic carbocycles. The molecule has 0 aliphatic heterocycles. The number of hydrogen-bond acceptors (Lipinski definition) is 1. The summed E-state index contributed by atoms with van der Waals surface area (Å²) in [4.78, 5) is 2.54. The summed E-state index contributed by atoms with van der Waals surface area (Å²) in [7, 11) is 0. The zero-order valence-corrected chi connectivity index (χ0v) is 48.3. The Balaban J connectivity index is 1.09. The van der Waals surface area contributed by atoms with Crippen LogP contribution in [0, 0.1) is 0 Å². The van der Waals surface area contributed by atoms with Crippen LogP contribution in [0.5, 0.6) is 0 Å². The van der Waals surface area contributed by atoms with Crippen LogP contribution >= 0.6 is 0 Å². The first-order valence-corrected chi connectivity index (χ1v) is 28.7. The molecule has 3 aliphatic rings. The molecule has 0 fully saturated rings. The van der Waals surface area contributed by atoms with Crippen molar-refractivity contribution in [1.82, 2.24) is 0 Å². The molecule has 0 radical (unpaired) electrons. The summed E-state index contributed by atoms with van der Waals surface area (Å²) in [5, 5.41) is 0. The highest BCUT2D eigenvalue weighted by Gasteiger charge is 2.53. The summed E-state index contributed by atoms with van der Waals surface area (Å²) in [5.74, 6) is 0. The van der Waals surface area contributed by atoms with Gasteiger partial charge in [-0.2, -0.15) is 0 Å². The fourth-order valence-corrected chi connectivity index (χ4v) is 13.8. The molecule has 0 amide bonds. The molecule has 13 rings (SSSR count). The van der Waals surface area contributed by atoms with Crippen molar-refractivity contribution in [2.24, 2.45) is 0 Å². The van der Waals surface area contributed by atoms with E-state index in [0.717, 1.165) is 17.1 Å². The first-order valence-electron chi connectivity index (χ1n) is 28.7. The molecular formula is C78H73N. The molecule has 79 heavy (non-hydrogen) atoms. The maximum Gasteiger partial charge on any atom is 0.0726 e. The van der Waals surface area contributed by atoms with Gasteiger partial charge >= 0.3 is 0 Å². The van der Waals surface area contributed by atoms with Crippen molar-refractivity contribution in [3.8, 4) is 44.5 Å². The van der Waals surface area contributed by atoms with Crippen LogP contribution in [0.25, 0.3) is 44.5 Å². The second kappa shape index (κ2) is 17.8. The van der Waals surface area contributed by atoms with Crippen LogP contribution in [0.4, 0.5) is 17.1 Å². The van der Waals surface area contributed by atoms with E-state index in [4.69, 9.17) is 0 Å². The first kappa shape index (κ1) is 50.5. The van der Waals surface area contributed by atoms with Crippen molar-refractivity contribution in [3.05, 3.63) is 291 Å². The fourth-order valence-electron chi connectivity index (χ4n) is 13.8. The number of hydrogen-bond donors (Lipinski definition) is 0. The summed E-state index contributed by atoms with van der Waals surface area (Å²) in [6.07, 6.45) is 0. The molecule has 0 heterocycles. The lowest BCUT2D eigenvalue weighted by atomic mass is 9.67. The average Bonchev–Trinajstić information content (AvgIpc) is 4.17. The lowest BCUT2D eigenvalue weighted by Crippen LogP contribution is -2.29. The Labute approximate surface area is 470 Å². The van der Waals surface area contributed by atoms with Gasteiger partial charge in [0.1, 0.15) is 0 Å². The Bertz CT molecular complexity index is 3890. The topological polar surface area (TPSA) is 3.24 Å². The maximum absolute atomic E-state index is 2.57. The molecule has 10 aromatic rings.